The summed E-state index contributed by atoms with van der Waals surface area (Å²) in [6.07, 6.45) is 0. The van der Waals surface area contributed by atoms with E-state index >= 15 is 0 Å². The molecule has 0 atom stereocenters. The van der Waals surface area contributed by atoms with Gasteiger partial charge in [-0.1, -0.05) is 35.4 Å². The van der Waals surface area contributed by atoms with E-state index in [4.69, 9.17) is 11.6 Å². The molecule has 1 heterocycles. The van der Waals surface area contributed by atoms with E-state index < -0.39 is 0 Å². The second-order valence-corrected chi connectivity index (χ2v) is 4.63. The Morgan fingerprint density at radius 3 is 2.59 bits per heavy atom. The van der Waals surface area contributed by atoms with Crippen molar-refractivity contribution in [3.05, 3.63) is 57.3 Å². The zero-order chi connectivity index (χ0) is 12.0. The van der Waals surface area contributed by atoms with Crippen LogP contribution in [-0.2, 0) is 0 Å². The molecule has 0 amide bonds. The third-order valence-electron chi connectivity index (χ3n) is 2.94. The Bertz CT molecular complexity index is 789. The zero-order valence-electron chi connectivity index (χ0n) is 9.25. The minimum absolute atomic E-state index is 0.0709. The van der Waals surface area contributed by atoms with Gasteiger partial charge in [0.2, 0.25) is 0 Å². The average Bonchev–Trinajstić information content (AvgIpc) is 2.29. The van der Waals surface area contributed by atoms with Crippen LogP contribution in [0.15, 0.2) is 41.2 Å². The summed E-state index contributed by atoms with van der Waals surface area (Å²) in [6.45, 7) is 1.98. The second-order valence-electron chi connectivity index (χ2n) is 4.19. The molecule has 3 rings (SSSR count). The Morgan fingerprint density at radius 1 is 1.00 bits per heavy atom. The molecule has 0 aliphatic carbocycles. The van der Waals surface area contributed by atoms with Crippen LogP contribution in [0.25, 0.3) is 21.7 Å². The van der Waals surface area contributed by atoms with Crippen LogP contribution in [0.5, 0.6) is 0 Å². The molecule has 17 heavy (non-hydrogen) atoms. The lowest BCUT2D eigenvalue weighted by molar-refractivity contribution is 1.34. The van der Waals surface area contributed by atoms with Crippen molar-refractivity contribution in [3.8, 4) is 0 Å². The molecular formula is C14H10ClNO. The fourth-order valence-electron chi connectivity index (χ4n) is 2.13. The molecule has 1 N–H and O–H groups in total. The monoisotopic (exact) mass is 243 g/mol. The Hall–Kier alpha value is -1.80. The fourth-order valence-corrected chi connectivity index (χ4v) is 2.30. The van der Waals surface area contributed by atoms with Crippen LogP contribution in [0.1, 0.15) is 5.56 Å². The van der Waals surface area contributed by atoms with Crippen LogP contribution in [0, 0.1) is 6.92 Å². The van der Waals surface area contributed by atoms with Crippen molar-refractivity contribution in [1.29, 1.82) is 0 Å². The summed E-state index contributed by atoms with van der Waals surface area (Å²) in [5.41, 5.74) is 1.79. The maximum Gasteiger partial charge on any atom is 0.256 e. The van der Waals surface area contributed by atoms with Gasteiger partial charge in [-0.15, -0.1) is 0 Å². The second kappa shape index (κ2) is 3.60. The lowest BCUT2D eigenvalue weighted by Crippen LogP contribution is -2.06. The molecule has 0 spiro atoms. The number of H-pyrrole nitrogens is 1. The number of rotatable bonds is 0. The summed E-state index contributed by atoms with van der Waals surface area (Å²) >= 11 is 5.93. The Balaban J connectivity index is 2.60. The van der Waals surface area contributed by atoms with Crippen LogP contribution in [-0.4, -0.2) is 4.98 Å². The molecule has 3 heteroatoms. The van der Waals surface area contributed by atoms with E-state index in [2.05, 4.69) is 4.98 Å². The van der Waals surface area contributed by atoms with Gasteiger partial charge in [0.25, 0.3) is 5.56 Å². The highest BCUT2D eigenvalue weighted by molar-refractivity contribution is 6.31. The number of hydrogen-bond acceptors (Lipinski definition) is 1. The largest absolute Gasteiger partial charge is 0.321 e. The van der Waals surface area contributed by atoms with Gasteiger partial charge in [0.05, 0.1) is 5.52 Å². The maximum absolute atomic E-state index is 12.0. The van der Waals surface area contributed by atoms with Crippen molar-refractivity contribution in [2.45, 2.75) is 6.92 Å². The molecule has 0 radical (unpaired) electrons. The van der Waals surface area contributed by atoms with Crippen molar-refractivity contribution < 1.29 is 0 Å². The van der Waals surface area contributed by atoms with E-state index in [0.29, 0.717) is 5.02 Å². The van der Waals surface area contributed by atoms with E-state index in [1.807, 2.05) is 37.3 Å². The summed E-state index contributed by atoms with van der Waals surface area (Å²) in [7, 11) is 0. The first kappa shape index (κ1) is 10.4. The lowest BCUT2D eigenvalue weighted by Gasteiger charge is -2.04. The molecule has 0 saturated carbocycles. The van der Waals surface area contributed by atoms with E-state index in [1.54, 1.807) is 6.07 Å². The highest BCUT2D eigenvalue weighted by Gasteiger charge is 2.05. The van der Waals surface area contributed by atoms with Crippen molar-refractivity contribution in [2.75, 3.05) is 0 Å². The Labute approximate surface area is 103 Å². The molecule has 0 bridgehead atoms. The summed E-state index contributed by atoms with van der Waals surface area (Å²) in [5.74, 6) is 0. The van der Waals surface area contributed by atoms with Gasteiger partial charge < -0.3 is 4.98 Å². The number of hydrogen-bond donors (Lipinski definition) is 1. The first-order valence-electron chi connectivity index (χ1n) is 5.37. The number of aromatic nitrogens is 1. The van der Waals surface area contributed by atoms with Gasteiger partial charge in [-0.25, -0.2) is 0 Å². The average molecular weight is 244 g/mol. The topological polar surface area (TPSA) is 32.9 Å². The molecule has 0 unspecified atom stereocenters. The smallest absolute Gasteiger partial charge is 0.256 e. The molecule has 0 aliphatic rings. The molecule has 0 saturated heterocycles. The van der Waals surface area contributed by atoms with Crippen LogP contribution < -0.4 is 5.56 Å². The number of pyridine rings is 1. The van der Waals surface area contributed by atoms with Crippen LogP contribution >= 0.6 is 11.6 Å². The minimum atomic E-state index is -0.0709. The molecular weight excluding hydrogens is 234 g/mol. The summed E-state index contributed by atoms with van der Waals surface area (Å²) in [4.78, 5) is 14.8. The molecule has 0 aliphatic heterocycles. The normalized spacial score (nSPS) is 11.2. The van der Waals surface area contributed by atoms with Gasteiger partial charge in [0, 0.05) is 15.8 Å². The van der Waals surface area contributed by atoms with Gasteiger partial charge >= 0.3 is 0 Å². The third kappa shape index (κ3) is 1.61. The Kier molecular flexibility index (Phi) is 2.20. The summed E-state index contributed by atoms with van der Waals surface area (Å²) in [6, 6.07) is 11.4. The minimum Gasteiger partial charge on any atom is -0.321 e. The number of halogens is 1. The first-order valence-corrected chi connectivity index (χ1v) is 5.75. The standard InChI is InChI=1S/C14H10ClNO/c1-8-2-4-10-11-5-3-9(15)7-13(11)16-14(17)12(10)6-8/h2-7H,1H3,(H,16,17). The van der Waals surface area contributed by atoms with Gasteiger partial charge in [0.1, 0.15) is 0 Å². The van der Waals surface area contributed by atoms with Gasteiger partial charge in [0.15, 0.2) is 0 Å². The van der Waals surface area contributed by atoms with E-state index in [1.165, 1.54) is 0 Å². The first-order chi connectivity index (χ1) is 8.15. The van der Waals surface area contributed by atoms with Gasteiger partial charge in [-0.05, 0) is 30.5 Å². The number of aryl methyl sites for hydroxylation is 1. The maximum atomic E-state index is 12.0. The highest BCUT2D eigenvalue weighted by Crippen LogP contribution is 2.24. The summed E-state index contributed by atoms with van der Waals surface area (Å²) in [5, 5.41) is 3.33. The fraction of sp³-hybridized carbons (Fsp3) is 0.0714. The van der Waals surface area contributed by atoms with Crippen molar-refractivity contribution >= 4 is 33.3 Å². The van der Waals surface area contributed by atoms with E-state index in [0.717, 1.165) is 27.2 Å². The number of aromatic amines is 1. The highest BCUT2D eigenvalue weighted by atomic mass is 35.5. The van der Waals surface area contributed by atoms with Gasteiger partial charge in [-0.3, -0.25) is 4.79 Å². The quantitative estimate of drug-likeness (QED) is 0.601. The predicted molar refractivity (Wildman–Crippen MR) is 71.8 cm³/mol. The SMILES string of the molecule is Cc1ccc2c(c1)c(=O)[nH]c1cc(Cl)ccc12. The van der Waals surface area contributed by atoms with Crippen LogP contribution in [0.3, 0.4) is 0 Å². The molecule has 1 aromatic heterocycles. The van der Waals surface area contributed by atoms with Crippen molar-refractivity contribution in [3.63, 3.8) is 0 Å². The zero-order valence-corrected chi connectivity index (χ0v) is 10.0. The lowest BCUT2D eigenvalue weighted by atomic mass is 10.0. The number of fused-ring (bicyclic) bond motifs is 3. The van der Waals surface area contributed by atoms with Crippen molar-refractivity contribution in [2.24, 2.45) is 0 Å². The third-order valence-corrected chi connectivity index (χ3v) is 3.17. The van der Waals surface area contributed by atoms with E-state index in [9.17, 15) is 4.79 Å². The molecule has 3 aromatic rings. The Morgan fingerprint density at radius 2 is 1.76 bits per heavy atom. The van der Waals surface area contributed by atoms with Gasteiger partial charge in [-0.2, -0.15) is 0 Å². The molecule has 0 fully saturated rings. The van der Waals surface area contributed by atoms with Crippen LogP contribution in [0.2, 0.25) is 5.02 Å². The molecule has 2 aromatic carbocycles. The van der Waals surface area contributed by atoms with Crippen LogP contribution in [0.4, 0.5) is 0 Å². The molecule has 84 valence electrons. The number of nitrogens with one attached hydrogen (secondary N) is 1. The van der Waals surface area contributed by atoms with E-state index in [-0.39, 0.29) is 5.56 Å². The molecule has 2 nitrogen and oxygen atoms in total. The van der Waals surface area contributed by atoms with Crippen molar-refractivity contribution in [1.82, 2.24) is 4.98 Å². The summed E-state index contributed by atoms with van der Waals surface area (Å²) < 4.78 is 0. The predicted octanol–water partition coefficient (Wildman–Crippen LogP) is 3.64. The number of benzene rings is 2.